The molecule has 0 unspecified atom stereocenters. The topological polar surface area (TPSA) is 69.9 Å². The number of ether oxygens (including phenoxy) is 2. The third-order valence-electron chi connectivity index (χ3n) is 7.91. The van der Waals surface area contributed by atoms with Crippen LogP contribution in [-0.2, 0) is 16.1 Å². The molecule has 0 aliphatic carbocycles. The number of fused-ring (bicyclic) bond motifs is 1. The van der Waals surface area contributed by atoms with Crippen LogP contribution in [0.1, 0.15) is 60.5 Å². The highest BCUT2D eigenvalue weighted by Crippen LogP contribution is 2.36. The summed E-state index contributed by atoms with van der Waals surface area (Å²) in [7, 11) is 0. The molecule has 0 saturated heterocycles. The quantitative estimate of drug-likeness (QED) is 0.110. The Balaban J connectivity index is 1.55. The monoisotopic (exact) mass is 900 g/mol. The number of hydrogen-bond donors (Lipinski definition) is 0. The Labute approximate surface area is 315 Å². The van der Waals surface area contributed by atoms with Gasteiger partial charge >= 0.3 is 5.97 Å². The minimum absolute atomic E-state index is 0.192. The average molecular weight is 901 g/mol. The highest BCUT2D eigenvalue weighted by atomic mass is 127. The Morgan fingerprint density at radius 3 is 2.40 bits per heavy atom. The summed E-state index contributed by atoms with van der Waals surface area (Å²) in [5.41, 5.74) is 5.06. The van der Waals surface area contributed by atoms with Crippen LogP contribution < -0.4 is 19.6 Å². The Morgan fingerprint density at radius 1 is 1.02 bits per heavy atom. The van der Waals surface area contributed by atoms with E-state index in [9.17, 15) is 9.59 Å². The largest absolute Gasteiger partial charge is 0.487 e. The average Bonchev–Trinajstić information content (AvgIpc) is 3.38. The highest BCUT2D eigenvalue weighted by Gasteiger charge is 2.35. The van der Waals surface area contributed by atoms with E-state index < -0.39 is 12.0 Å². The maximum Gasteiger partial charge on any atom is 0.338 e. The number of thiazole rings is 1. The van der Waals surface area contributed by atoms with E-state index in [1.165, 1.54) is 11.3 Å². The molecule has 1 aromatic heterocycles. The van der Waals surface area contributed by atoms with Crippen LogP contribution in [0.4, 0.5) is 0 Å². The predicted molar refractivity (Wildman–Crippen MR) is 209 cm³/mol. The van der Waals surface area contributed by atoms with E-state index in [4.69, 9.17) is 26.1 Å². The Hall–Kier alpha value is -3.26. The van der Waals surface area contributed by atoms with Crippen LogP contribution in [0.15, 0.2) is 106 Å². The van der Waals surface area contributed by atoms with Crippen molar-refractivity contribution >= 4 is 85.9 Å². The molecule has 6 nitrogen and oxygen atoms in total. The summed E-state index contributed by atoms with van der Waals surface area (Å²) in [4.78, 5) is 33.8. The molecule has 4 aromatic carbocycles. The van der Waals surface area contributed by atoms with Gasteiger partial charge in [-0.1, -0.05) is 104 Å². The molecule has 0 bridgehead atoms. The van der Waals surface area contributed by atoms with Crippen molar-refractivity contribution in [3.8, 4) is 5.75 Å². The Kier molecular flexibility index (Phi) is 10.9. The first kappa shape index (κ1) is 34.6. The summed E-state index contributed by atoms with van der Waals surface area (Å²) in [6, 6.07) is 28.5. The Morgan fingerprint density at radius 2 is 1.73 bits per heavy atom. The van der Waals surface area contributed by atoms with Crippen molar-refractivity contribution in [2.45, 2.75) is 39.3 Å². The zero-order valence-electron chi connectivity index (χ0n) is 26.4. The molecule has 1 aliphatic rings. The second kappa shape index (κ2) is 15.1. The molecule has 0 fully saturated rings. The van der Waals surface area contributed by atoms with Crippen molar-refractivity contribution in [2.24, 2.45) is 4.99 Å². The van der Waals surface area contributed by atoms with Gasteiger partial charge in [0.15, 0.2) is 4.80 Å². The molecule has 6 rings (SSSR count). The van der Waals surface area contributed by atoms with E-state index in [2.05, 4.69) is 71.2 Å². The van der Waals surface area contributed by atoms with Crippen molar-refractivity contribution in [3.05, 3.63) is 156 Å². The van der Waals surface area contributed by atoms with Gasteiger partial charge in [-0.3, -0.25) is 9.36 Å². The minimum atomic E-state index is -0.740. The fourth-order valence-electron chi connectivity index (χ4n) is 5.54. The molecule has 244 valence electrons. The lowest BCUT2D eigenvalue weighted by atomic mass is 9.91. The van der Waals surface area contributed by atoms with Crippen LogP contribution in [0.25, 0.3) is 11.8 Å². The number of carbonyl (C=O) groups excluding carboxylic acids is 1. The van der Waals surface area contributed by atoms with Crippen LogP contribution >= 0.6 is 68.1 Å². The first-order chi connectivity index (χ1) is 23.1. The first-order valence-electron chi connectivity index (χ1n) is 15.4. The molecule has 48 heavy (non-hydrogen) atoms. The van der Waals surface area contributed by atoms with Crippen LogP contribution in [0.3, 0.4) is 0 Å². The second-order valence-corrected chi connectivity index (χ2v) is 15.3. The number of benzene rings is 4. The van der Waals surface area contributed by atoms with Crippen molar-refractivity contribution < 1.29 is 14.3 Å². The number of hydrogen-bond acceptors (Lipinski definition) is 6. The number of halogens is 3. The molecule has 1 aliphatic heterocycles. The van der Waals surface area contributed by atoms with Gasteiger partial charge in [0, 0.05) is 19.7 Å². The van der Waals surface area contributed by atoms with Gasteiger partial charge in [0.05, 0.1) is 32.0 Å². The van der Waals surface area contributed by atoms with Crippen molar-refractivity contribution in [3.63, 3.8) is 0 Å². The van der Waals surface area contributed by atoms with Gasteiger partial charge in [0.25, 0.3) is 5.56 Å². The summed E-state index contributed by atoms with van der Waals surface area (Å²) in [5, 5.41) is 0.661. The molecule has 0 N–H and O–H groups in total. The van der Waals surface area contributed by atoms with E-state index in [-0.39, 0.29) is 12.2 Å². The fraction of sp³-hybridized carbons (Fsp3) is 0.184. The number of aromatic nitrogens is 1. The molecule has 0 radical (unpaired) electrons. The summed E-state index contributed by atoms with van der Waals surface area (Å²) >= 11 is 11.9. The van der Waals surface area contributed by atoms with Gasteiger partial charge in [-0.15, -0.1) is 0 Å². The zero-order valence-corrected chi connectivity index (χ0v) is 32.3. The summed E-state index contributed by atoms with van der Waals surface area (Å²) in [5.74, 6) is 0.501. The van der Waals surface area contributed by atoms with E-state index in [0.29, 0.717) is 43.9 Å². The molecule has 10 heteroatoms. The molecule has 2 heterocycles. The van der Waals surface area contributed by atoms with Crippen molar-refractivity contribution in [1.29, 1.82) is 0 Å². The maximum atomic E-state index is 14.5. The summed E-state index contributed by atoms with van der Waals surface area (Å²) in [6.45, 7) is 6.57. The van der Waals surface area contributed by atoms with Crippen LogP contribution in [0.2, 0.25) is 5.02 Å². The van der Waals surface area contributed by atoms with Crippen molar-refractivity contribution in [2.75, 3.05) is 6.61 Å². The highest BCUT2D eigenvalue weighted by molar-refractivity contribution is 14.1. The van der Waals surface area contributed by atoms with Gasteiger partial charge in [0.1, 0.15) is 12.4 Å². The normalized spacial score (nSPS) is 14.6. The lowest BCUT2D eigenvalue weighted by Crippen LogP contribution is -2.40. The van der Waals surface area contributed by atoms with Crippen LogP contribution in [0.5, 0.6) is 5.75 Å². The van der Waals surface area contributed by atoms with Gasteiger partial charge in [-0.05, 0) is 105 Å². The number of rotatable bonds is 9. The minimum Gasteiger partial charge on any atom is -0.487 e. The summed E-state index contributed by atoms with van der Waals surface area (Å²) < 4.78 is 16.0. The van der Waals surface area contributed by atoms with E-state index >= 15 is 0 Å². The lowest BCUT2D eigenvalue weighted by Gasteiger charge is -2.26. The summed E-state index contributed by atoms with van der Waals surface area (Å²) in [6.07, 6.45) is 1.86. The Bertz CT molecular complexity index is 2190. The SMILES string of the molecule is CCOC(=O)C1=C(c2ccccc2)N=c2s/c(=C\c3cc(I)cc(I)c3OCc3ccc(Cl)cc3)c(=O)n2[C@H]1c1ccc(C(C)C)cc1. The van der Waals surface area contributed by atoms with Gasteiger partial charge in [0.2, 0.25) is 0 Å². The van der Waals surface area contributed by atoms with E-state index in [1.54, 1.807) is 11.5 Å². The number of esters is 1. The molecule has 5 aromatic rings. The third kappa shape index (κ3) is 7.34. The zero-order chi connectivity index (χ0) is 33.9. The van der Waals surface area contributed by atoms with Crippen molar-refractivity contribution in [1.82, 2.24) is 4.57 Å². The van der Waals surface area contributed by atoms with Gasteiger partial charge in [-0.2, -0.15) is 0 Å². The molecule has 1 atom stereocenters. The van der Waals surface area contributed by atoms with Crippen LogP contribution in [-0.4, -0.2) is 17.1 Å². The smallest absolute Gasteiger partial charge is 0.338 e. The lowest BCUT2D eigenvalue weighted by molar-refractivity contribution is -0.138. The number of nitrogens with zero attached hydrogens (tertiary/aromatic N) is 2. The second-order valence-electron chi connectivity index (χ2n) is 11.5. The molecular formula is C38H31ClI2N2O4S. The molecule has 0 amide bonds. The third-order valence-corrected chi connectivity index (χ3v) is 10.6. The fourth-order valence-corrected chi connectivity index (χ4v) is 8.70. The predicted octanol–water partition coefficient (Wildman–Crippen LogP) is 8.50. The molecular weight excluding hydrogens is 870 g/mol. The molecule has 0 saturated carbocycles. The van der Waals surface area contributed by atoms with Gasteiger partial charge in [-0.25, -0.2) is 9.79 Å². The van der Waals surface area contributed by atoms with E-state index in [0.717, 1.165) is 35.0 Å². The molecule has 0 spiro atoms. The first-order valence-corrected chi connectivity index (χ1v) is 18.7. The number of carbonyl (C=O) groups is 1. The van der Waals surface area contributed by atoms with Gasteiger partial charge < -0.3 is 9.47 Å². The van der Waals surface area contributed by atoms with E-state index in [1.807, 2.05) is 84.9 Å². The maximum absolute atomic E-state index is 14.5. The standard InChI is InChI=1S/C38H31ClI2N2O4S/c1-4-46-37(45)32-33(25-8-6-5-7-9-25)42-38-43(34(32)26-14-12-24(13-15-26)22(2)3)36(44)31(48-38)19-27-18-29(40)20-30(41)35(27)47-21-23-10-16-28(39)17-11-23/h5-20,22,34H,4,21H2,1-3H3/b31-19-/t34-/m0/s1. The van der Waals surface area contributed by atoms with Crippen LogP contribution in [0, 0.1) is 7.14 Å².